The van der Waals surface area contributed by atoms with Crippen molar-refractivity contribution in [3.05, 3.63) is 89.5 Å². The number of unbranched alkanes of at least 4 members (excludes halogenated alkanes) is 6. The molecule has 3 rings (SSSR count). The fourth-order valence-electron chi connectivity index (χ4n) is 4.80. The van der Waals surface area contributed by atoms with Crippen LogP contribution in [0.15, 0.2) is 87.5 Å². The van der Waals surface area contributed by atoms with Gasteiger partial charge in [0.2, 0.25) is 6.16 Å². The third kappa shape index (κ3) is 10.9. The Morgan fingerprint density at radius 1 is 0.658 bits per heavy atom. The van der Waals surface area contributed by atoms with E-state index >= 15 is 0 Å². The fraction of sp³-hybridized carbons (Fsp3) is 0.441. The maximum Gasteiger partial charge on any atom is 0.249 e. The van der Waals surface area contributed by atoms with Gasteiger partial charge in [-0.2, -0.15) is 0 Å². The Bertz CT molecular complexity index is 975. The number of carboxylic acid groups (broad SMARTS) is 2. The molecule has 38 heavy (non-hydrogen) atoms. The minimum atomic E-state index is -2.08. The Kier molecular flexibility index (Phi) is 15.3. The van der Waals surface area contributed by atoms with Gasteiger partial charge in [-0.3, -0.25) is 0 Å². The number of carbonyl (C=O) groups is 1. The molecule has 0 unspecified atom stereocenters. The van der Waals surface area contributed by atoms with E-state index in [1.54, 1.807) is 21.6 Å². The third-order valence-corrected chi connectivity index (χ3v) is 9.05. The van der Waals surface area contributed by atoms with Gasteiger partial charge in [0, 0.05) is 11.1 Å². The van der Waals surface area contributed by atoms with Gasteiger partial charge in [-0.25, -0.2) is 0 Å². The lowest BCUT2D eigenvalue weighted by Crippen LogP contribution is -2.17. The second kappa shape index (κ2) is 18.5. The second-order valence-electron chi connectivity index (χ2n) is 9.81. The van der Waals surface area contributed by atoms with E-state index in [0.29, 0.717) is 0 Å². The monoisotopic (exact) mass is 534 g/mol. The van der Waals surface area contributed by atoms with E-state index in [1.807, 2.05) is 0 Å². The zero-order valence-corrected chi connectivity index (χ0v) is 24.4. The number of rotatable bonds is 15. The summed E-state index contributed by atoms with van der Waals surface area (Å²) in [6.07, 6.45) is 13.2. The maximum atomic E-state index is 8.44. The van der Waals surface area contributed by atoms with E-state index in [4.69, 9.17) is 15.0 Å². The van der Waals surface area contributed by atoms with Crippen LogP contribution in [-0.4, -0.2) is 11.3 Å². The summed E-state index contributed by atoms with van der Waals surface area (Å²) in [5.74, 6) is 0. The smallest absolute Gasteiger partial charge is 0.249 e. The first-order valence-corrected chi connectivity index (χ1v) is 15.6. The van der Waals surface area contributed by atoms with Crippen molar-refractivity contribution in [3.8, 4) is 0 Å². The summed E-state index contributed by atoms with van der Waals surface area (Å²) in [6, 6.07) is 27.7. The van der Waals surface area contributed by atoms with E-state index in [0.717, 1.165) is 0 Å². The first kappa shape index (κ1) is 31.5. The molecular formula is C34H46O3S. The van der Waals surface area contributed by atoms with Gasteiger partial charge in [0.05, 0.1) is 10.9 Å². The zero-order chi connectivity index (χ0) is 27.6. The lowest BCUT2D eigenvalue weighted by Gasteiger charge is -2.18. The van der Waals surface area contributed by atoms with Crippen LogP contribution in [0.25, 0.3) is 0 Å². The van der Waals surface area contributed by atoms with Gasteiger partial charge in [0.1, 0.15) is 0 Å². The molecular weight excluding hydrogens is 488 g/mol. The molecule has 3 aromatic carbocycles. The van der Waals surface area contributed by atoms with Crippen molar-refractivity contribution < 1.29 is 15.0 Å². The molecule has 3 nitrogen and oxygen atoms in total. The van der Waals surface area contributed by atoms with Crippen LogP contribution in [0.4, 0.5) is 4.79 Å². The zero-order valence-electron chi connectivity index (χ0n) is 23.6. The van der Waals surface area contributed by atoms with Gasteiger partial charge in [-0.1, -0.05) is 108 Å². The van der Waals surface area contributed by atoms with Gasteiger partial charge in [-0.05, 0) is 68.4 Å². The molecule has 3 aromatic rings. The van der Waals surface area contributed by atoms with Crippen molar-refractivity contribution in [1.82, 2.24) is 0 Å². The molecule has 0 amide bonds. The molecule has 0 saturated heterocycles. The van der Waals surface area contributed by atoms with Gasteiger partial charge in [0.25, 0.3) is 0 Å². The third-order valence-electron chi connectivity index (χ3n) is 6.63. The van der Waals surface area contributed by atoms with E-state index in [-0.39, 0.29) is 10.9 Å². The Morgan fingerprint density at radius 2 is 1.03 bits per heavy atom. The Balaban J connectivity index is 0.00000118. The van der Waals surface area contributed by atoms with Crippen LogP contribution in [0.2, 0.25) is 0 Å². The molecule has 0 atom stereocenters. The molecule has 0 spiro atoms. The maximum absolute atomic E-state index is 8.44. The molecule has 206 valence electrons. The molecule has 4 heteroatoms. The minimum Gasteiger partial charge on any atom is -0.565 e. The molecule has 0 aromatic heterocycles. The predicted molar refractivity (Wildman–Crippen MR) is 159 cm³/mol. The van der Waals surface area contributed by atoms with E-state index in [9.17, 15) is 0 Å². The summed E-state index contributed by atoms with van der Waals surface area (Å²) in [6.45, 7) is 6.94. The minimum absolute atomic E-state index is 0.0642. The summed E-state index contributed by atoms with van der Waals surface area (Å²) in [7, 11) is -0.0642. The van der Waals surface area contributed by atoms with Crippen molar-refractivity contribution >= 4 is 17.1 Å². The standard InChI is InChI=1S/C33H45S.CH2O3/c1-4-7-12-19-28-26-29(20-13-8-5-2)33(30(27-28)21-14-9-6-3)34(31-22-15-10-16-23-31)32-24-17-11-18-25-32;2-1(3)4/h10-11,15-18,22-27H,4-9,12-14,19-21H2,1-3H3;(H2,2,3,4)/q+1;/p-1. The van der Waals surface area contributed by atoms with Crippen molar-refractivity contribution in [2.45, 2.75) is 113 Å². The summed E-state index contributed by atoms with van der Waals surface area (Å²) in [5, 5.41) is 15.3. The Morgan fingerprint density at radius 3 is 1.39 bits per heavy atom. The highest BCUT2D eigenvalue weighted by Crippen LogP contribution is 2.38. The van der Waals surface area contributed by atoms with Crippen LogP contribution in [0.1, 0.15) is 95.2 Å². The highest BCUT2D eigenvalue weighted by molar-refractivity contribution is 7.97. The molecule has 0 saturated carbocycles. The van der Waals surface area contributed by atoms with Crippen LogP contribution >= 0.6 is 0 Å². The molecule has 0 heterocycles. The summed E-state index contributed by atoms with van der Waals surface area (Å²) < 4.78 is 0. The normalized spacial score (nSPS) is 10.7. The molecule has 0 aliphatic rings. The summed E-state index contributed by atoms with van der Waals surface area (Å²) in [5.41, 5.74) is 4.80. The van der Waals surface area contributed by atoms with Gasteiger partial charge in [0.15, 0.2) is 14.7 Å². The highest BCUT2D eigenvalue weighted by atomic mass is 32.2. The Labute approximate surface area is 233 Å². The summed E-state index contributed by atoms with van der Waals surface area (Å²) in [4.78, 5) is 13.0. The second-order valence-corrected chi connectivity index (χ2v) is 11.8. The predicted octanol–water partition coefficient (Wildman–Crippen LogP) is 8.87. The van der Waals surface area contributed by atoms with Crippen LogP contribution in [-0.2, 0) is 30.2 Å². The van der Waals surface area contributed by atoms with Crippen molar-refractivity contribution in [3.63, 3.8) is 0 Å². The topological polar surface area (TPSA) is 60.4 Å². The number of hydrogen-bond acceptors (Lipinski definition) is 2. The Hall–Kier alpha value is -2.72. The largest absolute Gasteiger partial charge is 0.565 e. The van der Waals surface area contributed by atoms with Crippen molar-refractivity contribution in [2.24, 2.45) is 0 Å². The van der Waals surface area contributed by atoms with Crippen molar-refractivity contribution in [2.75, 3.05) is 0 Å². The molecule has 0 fully saturated rings. The first-order chi connectivity index (χ1) is 18.5. The van der Waals surface area contributed by atoms with Gasteiger partial charge in [-0.15, -0.1) is 0 Å². The number of benzene rings is 3. The van der Waals surface area contributed by atoms with E-state index in [1.165, 1.54) is 86.8 Å². The van der Waals surface area contributed by atoms with Gasteiger partial charge >= 0.3 is 0 Å². The quantitative estimate of drug-likeness (QED) is 0.156. The van der Waals surface area contributed by atoms with E-state index in [2.05, 4.69) is 93.6 Å². The first-order valence-electron chi connectivity index (χ1n) is 14.4. The molecule has 1 N–H and O–H groups in total. The van der Waals surface area contributed by atoms with Crippen LogP contribution in [0.3, 0.4) is 0 Å². The van der Waals surface area contributed by atoms with Crippen LogP contribution in [0.5, 0.6) is 0 Å². The van der Waals surface area contributed by atoms with Crippen molar-refractivity contribution in [1.29, 1.82) is 0 Å². The number of hydrogen-bond donors (Lipinski definition) is 1. The average molecular weight is 535 g/mol. The molecule has 0 aliphatic carbocycles. The van der Waals surface area contributed by atoms with Gasteiger partial charge < -0.3 is 15.0 Å². The fourth-order valence-corrected chi connectivity index (χ4v) is 7.25. The average Bonchev–Trinajstić information content (AvgIpc) is 2.91. The lowest BCUT2D eigenvalue weighted by atomic mass is 9.95. The van der Waals surface area contributed by atoms with Crippen LogP contribution in [0, 0.1) is 0 Å². The number of aryl methyl sites for hydroxylation is 3. The van der Waals surface area contributed by atoms with E-state index < -0.39 is 6.16 Å². The highest BCUT2D eigenvalue weighted by Gasteiger charge is 2.33. The SMILES string of the molecule is CCCCCc1cc(CCCCC)c([S+](c2ccccc2)c2ccccc2)c(CCCCC)c1.O=C([O-])O. The van der Waals surface area contributed by atoms with Crippen LogP contribution < -0.4 is 5.11 Å². The molecule has 0 aliphatic heterocycles. The summed E-state index contributed by atoms with van der Waals surface area (Å²) >= 11 is 0. The molecule has 0 bridgehead atoms. The molecule has 0 radical (unpaired) electrons. The lowest BCUT2D eigenvalue weighted by molar-refractivity contribution is -0.275.